The van der Waals surface area contributed by atoms with Crippen molar-refractivity contribution in [2.45, 2.75) is 25.0 Å². The lowest BCUT2D eigenvalue weighted by Crippen LogP contribution is -2.47. The molecule has 7 nitrogen and oxygen atoms in total. The normalized spacial score (nSPS) is 24.9. The Morgan fingerprint density at radius 1 is 1.19 bits per heavy atom. The van der Waals surface area contributed by atoms with E-state index < -0.39 is 6.04 Å². The molecule has 166 valence electrons. The number of fused-ring (bicyclic) bond motifs is 3. The van der Waals surface area contributed by atoms with Gasteiger partial charge in [-0.2, -0.15) is 0 Å². The highest BCUT2D eigenvalue weighted by molar-refractivity contribution is 5.82. The van der Waals surface area contributed by atoms with Crippen molar-refractivity contribution in [1.29, 1.82) is 0 Å². The van der Waals surface area contributed by atoms with Crippen molar-refractivity contribution in [1.82, 2.24) is 19.7 Å². The molecule has 1 aromatic heterocycles. The Hall–Kier alpha value is -2.48. The molecule has 1 aromatic carbocycles. The quantitative estimate of drug-likeness (QED) is 0.653. The molecule has 0 bridgehead atoms. The van der Waals surface area contributed by atoms with E-state index in [1.807, 2.05) is 73.1 Å². The van der Waals surface area contributed by atoms with Crippen LogP contribution in [0.5, 0.6) is 0 Å². The van der Waals surface area contributed by atoms with Crippen molar-refractivity contribution >= 4 is 5.91 Å². The Labute approximate surface area is 183 Å². The number of hydrogen-bond donors (Lipinski definition) is 2. The van der Waals surface area contributed by atoms with Gasteiger partial charge in [-0.3, -0.25) is 14.5 Å². The first-order valence-electron chi connectivity index (χ1n) is 11.0. The first-order valence-corrected chi connectivity index (χ1v) is 11.0. The molecule has 31 heavy (non-hydrogen) atoms. The fraction of sp³-hybridized carbons (Fsp3) is 0.500. The standard InChI is InChI=1S/C24H32N4O3/c1-26(2)13-7-12-25-23(30)22-19(15-29)18-14-28-20(21(18)27(22)3)11-10-17(24(28)31)16-8-5-4-6-9-16/h4-6,8-11,18-19,21-22,29H,7,12-15H2,1-3H3,(H,25,30)/t18-,19-,21+,22-/m1/s1. The van der Waals surface area contributed by atoms with Gasteiger partial charge in [0, 0.05) is 42.8 Å². The second-order valence-electron chi connectivity index (χ2n) is 8.97. The molecule has 2 aliphatic rings. The number of likely N-dealkylation sites (tertiary alicyclic amines) is 1. The van der Waals surface area contributed by atoms with Gasteiger partial charge in [0.05, 0.1) is 12.1 Å². The summed E-state index contributed by atoms with van der Waals surface area (Å²) in [4.78, 5) is 30.3. The van der Waals surface area contributed by atoms with Crippen molar-refractivity contribution in [3.05, 3.63) is 58.5 Å². The highest BCUT2D eigenvalue weighted by Gasteiger charge is 2.54. The number of carbonyl (C=O) groups is 1. The molecule has 7 heteroatoms. The number of carbonyl (C=O) groups excluding carboxylic acids is 1. The molecule has 1 saturated heterocycles. The van der Waals surface area contributed by atoms with E-state index in [2.05, 4.69) is 10.2 Å². The molecule has 4 rings (SSSR count). The van der Waals surface area contributed by atoms with Crippen LogP contribution < -0.4 is 10.9 Å². The van der Waals surface area contributed by atoms with Crippen LogP contribution in [0.25, 0.3) is 11.1 Å². The average Bonchev–Trinajstić information content (AvgIpc) is 3.27. The van der Waals surface area contributed by atoms with Gasteiger partial charge in [-0.05, 0) is 51.8 Å². The maximum Gasteiger partial charge on any atom is 0.258 e. The van der Waals surface area contributed by atoms with Gasteiger partial charge in [0.25, 0.3) is 5.56 Å². The number of rotatable bonds is 7. The van der Waals surface area contributed by atoms with Crippen LogP contribution in [-0.2, 0) is 11.3 Å². The number of aliphatic hydroxyl groups excluding tert-OH is 1. The summed E-state index contributed by atoms with van der Waals surface area (Å²) in [6, 6.07) is 13.1. The van der Waals surface area contributed by atoms with Gasteiger partial charge in [0.15, 0.2) is 0 Å². The van der Waals surface area contributed by atoms with Gasteiger partial charge in [-0.15, -0.1) is 0 Å². The minimum atomic E-state index is -0.392. The Balaban J connectivity index is 1.57. The van der Waals surface area contributed by atoms with E-state index in [-0.39, 0.29) is 36.0 Å². The van der Waals surface area contributed by atoms with Crippen molar-refractivity contribution in [2.24, 2.45) is 11.8 Å². The minimum absolute atomic E-state index is 0.00660. The SMILES string of the molecule is CN(C)CCCNC(=O)[C@H]1[C@H](CO)[C@H]2Cn3c(ccc(-c4ccccc4)c3=O)[C@H]2N1C. The molecule has 0 saturated carbocycles. The van der Waals surface area contributed by atoms with Crippen LogP contribution >= 0.6 is 0 Å². The molecule has 2 aliphatic heterocycles. The summed E-state index contributed by atoms with van der Waals surface area (Å²) >= 11 is 0. The summed E-state index contributed by atoms with van der Waals surface area (Å²) in [5.74, 6) is -0.209. The van der Waals surface area contributed by atoms with E-state index in [0.29, 0.717) is 18.7 Å². The van der Waals surface area contributed by atoms with Crippen molar-refractivity contribution in [3.63, 3.8) is 0 Å². The highest BCUT2D eigenvalue weighted by Crippen LogP contribution is 2.48. The summed E-state index contributed by atoms with van der Waals surface area (Å²) in [5, 5.41) is 13.2. The highest BCUT2D eigenvalue weighted by atomic mass is 16.3. The van der Waals surface area contributed by atoms with E-state index in [1.54, 1.807) is 0 Å². The Morgan fingerprint density at radius 3 is 2.61 bits per heavy atom. The molecule has 3 heterocycles. The van der Waals surface area contributed by atoms with Crippen molar-refractivity contribution in [2.75, 3.05) is 40.8 Å². The molecule has 0 radical (unpaired) electrons. The van der Waals surface area contributed by atoms with Crippen LogP contribution in [0.3, 0.4) is 0 Å². The summed E-state index contributed by atoms with van der Waals surface area (Å²) < 4.78 is 1.84. The van der Waals surface area contributed by atoms with E-state index >= 15 is 0 Å². The van der Waals surface area contributed by atoms with Crippen molar-refractivity contribution < 1.29 is 9.90 Å². The largest absolute Gasteiger partial charge is 0.396 e. The first kappa shape index (κ1) is 21.7. The summed E-state index contributed by atoms with van der Waals surface area (Å²) in [6.45, 7) is 1.98. The monoisotopic (exact) mass is 424 g/mol. The predicted molar refractivity (Wildman–Crippen MR) is 121 cm³/mol. The number of hydrogen-bond acceptors (Lipinski definition) is 5. The third kappa shape index (κ3) is 3.93. The first-order chi connectivity index (χ1) is 14.9. The van der Waals surface area contributed by atoms with Gasteiger partial charge in [0.2, 0.25) is 5.91 Å². The van der Waals surface area contributed by atoms with Gasteiger partial charge in [0.1, 0.15) is 0 Å². The molecule has 4 atom stereocenters. The fourth-order valence-corrected chi connectivity index (χ4v) is 5.32. The lowest BCUT2D eigenvalue weighted by atomic mass is 9.88. The number of aliphatic hydroxyl groups is 1. The van der Waals surface area contributed by atoms with Crippen LogP contribution in [0.4, 0.5) is 0 Å². The van der Waals surface area contributed by atoms with Crippen LogP contribution in [-0.4, -0.2) is 72.3 Å². The lowest BCUT2D eigenvalue weighted by Gasteiger charge is -2.27. The lowest BCUT2D eigenvalue weighted by molar-refractivity contribution is -0.127. The number of amides is 1. The molecule has 0 spiro atoms. The van der Waals surface area contributed by atoms with E-state index in [0.717, 1.165) is 24.2 Å². The average molecular weight is 425 g/mol. The topological polar surface area (TPSA) is 77.8 Å². The molecular formula is C24H32N4O3. The summed E-state index contributed by atoms with van der Waals surface area (Å²) in [7, 11) is 5.96. The zero-order chi connectivity index (χ0) is 22.1. The van der Waals surface area contributed by atoms with Crippen LogP contribution in [0.2, 0.25) is 0 Å². The second kappa shape index (κ2) is 8.94. The minimum Gasteiger partial charge on any atom is -0.396 e. The summed E-state index contributed by atoms with van der Waals surface area (Å²) in [6.07, 6.45) is 0.881. The molecule has 0 unspecified atom stereocenters. The molecule has 2 aromatic rings. The third-order valence-electron chi connectivity index (χ3n) is 6.79. The molecule has 2 N–H and O–H groups in total. The molecule has 0 aliphatic carbocycles. The van der Waals surface area contributed by atoms with Gasteiger partial charge in [-0.1, -0.05) is 30.3 Å². The van der Waals surface area contributed by atoms with Crippen LogP contribution in [0, 0.1) is 11.8 Å². The number of aromatic nitrogens is 1. The molecule has 1 amide bonds. The molecule has 1 fully saturated rings. The number of nitrogens with one attached hydrogen (secondary N) is 1. The van der Waals surface area contributed by atoms with Gasteiger partial charge in [-0.25, -0.2) is 0 Å². The van der Waals surface area contributed by atoms with Gasteiger partial charge >= 0.3 is 0 Å². The van der Waals surface area contributed by atoms with Crippen LogP contribution in [0.15, 0.2) is 47.3 Å². The maximum atomic E-state index is 13.2. The molecular weight excluding hydrogens is 392 g/mol. The third-order valence-corrected chi connectivity index (χ3v) is 6.79. The Bertz CT molecular complexity index is 988. The van der Waals surface area contributed by atoms with E-state index in [1.165, 1.54) is 0 Å². The van der Waals surface area contributed by atoms with E-state index in [9.17, 15) is 14.7 Å². The maximum absolute atomic E-state index is 13.2. The van der Waals surface area contributed by atoms with Crippen LogP contribution in [0.1, 0.15) is 18.2 Å². The van der Waals surface area contributed by atoms with E-state index in [4.69, 9.17) is 0 Å². The Morgan fingerprint density at radius 2 is 1.94 bits per heavy atom. The zero-order valence-corrected chi connectivity index (χ0v) is 18.5. The number of nitrogens with zero attached hydrogens (tertiary/aromatic N) is 3. The van der Waals surface area contributed by atoms with Crippen molar-refractivity contribution in [3.8, 4) is 11.1 Å². The van der Waals surface area contributed by atoms with Gasteiger partial charge < -0.3 is 19.9 Å². The smallest absolute Gasteiger partial charge is 0.258 e. The number of benzene rings is 1. The second-order valence-corrected chi connectivity index (χ2v) is 8.97. The zero-order valence-electron chi connectivity index (χ0n) is 18.5. The Kier molecular flexibility index (Phi) is 6.27. The number of pyridine rings is 1. The predicted octanol–water partition coefficient (Wildman–Crippen LogP) is 1.18. The number of likely N-dealkylation sites (N-methyl/N-ethyl adjacent to an activating group) is 1. The fourth-order valence-electron chi connectivity index (χ4n) is 5.32. The summed E-state index contributed by atoms with van der Waals surface area (Å²) in [5.41, 5.74) is 2.51.